The molecule has 3 aliphatic heterocycles. The number of aliphatic hydroxyl groups excluding tert-OH is 1. The number of alkyl carbamates (subject to hydrolysis) is 1. The first-order chi connectivity index (χ1) is 23.9. The van der Waals surface area contributed by atoms with Crippen LogP contribution in [-0.4, -0.2) is 81.4 Å². The van der Waals surface area contributed by atoms with Crippen LogP contribution in [0.5, 0.6) is 5.75 Å². The molecule has 2 aromatic rings. The molecule has 0 bridgehead atoms. The SMILES string of the molecule is [2H]C([2H])([2H])C([2H])(C([2H])([2H])[2H])C([2H])([2H])N(C[C@@H](O)[C@H](Cc1ccccc1)NC(=O)O[C@]1([2H])[C@@H]2CCO[C@@H]2OC1([2H])[2H])S(=O)(=O)c1ccc2c(c1)OCN2. The summed E-state index contributed by atoms with van der Waals surface area (Å²) >= 11 is 0. The summed E-state index contributed by atoms with van der Waals surface area (Å²) in [6.45, 7) is -16.3. The summed E-state index contributed by atoms with van der Waals surface area (Å²) in [7, 11) is -5.35. The molecule has 2 saturated heterocycles. The quantitative estimate of drug-likeness (QED) is 0.362. The summed E-state index contributed by atoms with van der Waals surface area (Å²) in [5.74, 6) is -5.18. The minimum atomic E-state index is -5.35. The van der Waals surface area contributed by atoms with Crippen LogP contribution < -0.4 is 15.4 Å². The number of rotatable bonds is 11. The second kappa shape index (κ2) is 12.3. The predicted octanol–water partition coefficient (Wildman–Crippen LogP) is 2.55. The van der Waals surface area contributed by atoms with E-state index in [1.165, 1.54) is 6.07 Å². The zero-order valence-corrected chi connectivity index (χ0v) is 21.9. The van der Waals surface area contributed by atoms with Crippen LogP contribution in [0, 0.1) is 11.8 Å². The Labute approximate surface area is 251 Å². The Morgan fingerprint density at radius 2 is 2.17 bits per heavy atom. The van der Waals surface area contributed by atoms with Crippen molar-refractivity contribution in [2.24, 2.45) is 11.8 Å². The molecule has 1 amide bonds. The summed E-state index contributed by atoms with van der Waals surface area (Å²) in [6, 6.07) is 9.58. The van der Waals surface area contributed by atoms with Crippen molar-refractivity contribution < 1.29 is 53.7 Å². The summed E-state index contributed by atoms with van der Waals surface area (Å²) in [6.07, 6.45) is -7.69. The van der Waals surface area contributed by atoms with Gasteiger partial charge in [-0.1, -0.05) is 44.0 Å². The third-order valence-electron chi connectivity index (χ3n) is 6.54. The Morgan fingerprint density at radius 3 is 2.98 bits per heavy atom. The van der Waals surface area contributed by atoms with Crippen LogP contribution in [0.2, 0.25) is 0 Å². The number of ether oxygens (including phenoxy) is 4. The molecule has 0 spiro atoms. The van der Waals surface area contributed by atoms with Crippen LogP contribution >= 0.6 is 0 Å². The molecule has 2 aromatic carbocycles. The molecule has 11 nitrogen and oxygen atoms in total. The fourth-order valence-electron chi connectivity index (χ4n) is 4.53. The smallest absolute Gasteiger partial charge is 0.407 e. The zero-order chi connectivity index (χ0) is 38.7. The van der Waals surface area contributed by atoms with E-state index in [2.05, 4.69) is 10.6 Å². The van der Waals surface area contributed by atoms with Crippen molar-refractivity contribution in [3.05, 3.63) is 54.1 Å². The molecule has 5 rings (SSSR count). The second-order valence-electron chi connectivity index (χ2n) is 9.26. The van der Waals surface area contributed by atoms with Crippen molar-refractivity contribution >= 4 is 21.8 Å². The van der Waals surface area contributed by atoms with Gasteiger partial charge >= 0.3 is 6.09 Å². The lowest BCUT2D eigenvalue weighted by Crippen LogP contribution is -2.51. The van der Waals surface area contributed by atoms with E-state index in [9.17, 15) is 18.3 Å². The zero-order valence-electron chi connectivity index (χ0n) is 33.1. The van der Waals surface area contributed by atoms with Crippen molar-refractivity contribution in [3.63, 3.8) is 0 Å². The molecule has 0 saturated carbocycles. The predicted molar refractivity (Wildman–Crippen MR) is 146 cm³/mol. The average molecular weight is 588 g/mol. The third kappa shape index (κ3) is 6.52. The number of hydrogen-bond donors (Lipinski definition) is 3. The maximum atomic E-state index is 14.3. The minimum Gasteiger partial charge on any atom is -0.471 e. The highest BCUT2D eigenvalue weighted by atomic mass is 32.2. The van der Waals surface area contributed by atoms with Crippen molar-refractivity contribution in [2.75, 3.05) is 38.3 Å². The first-order valence-corrected chi connectivity index (χ1v) is 13.9. The van der Waals surface area contributed by atoms with Crippen LogP contribution in [0.1, 0.15) is 42.1 Å². The van der Waals surface area contributed by atoms with E-state index in [0.29, 0.717) is 11.3 Å². The Hall–Kier alpha value is -2.90. The highest BCUT2D eigenvalue weighted by Gasteiger charge is 2.44. The largest absolute Gasteiger partial charge is 0.471 e. The number of amides is 1. The molecule has 3 N–H and O–H groups in total. The number of fused-ring (bicyclic) bond motifs is 2. The van der Waals surface area contributed by atoms with E-state index in [-0.39, 0.29) is 36.2 Å². The van der Waals surface area contributed by atoms with Gasteiger partial charge < -0.3 is 34.7 Å². The Kier molecular flexibility index (Phi) is 5.28. The van der Waals surface area contributed by atoms with Gasteiger partial charge in [0, 0.05) is 31.4 Å². The second-order valence-corrected chi connectivity index (χ2v) is 11.1. The number of carbonyl (C=O) groups is 1. The fraction of sp³-hybridized carbons (Fsp3) is 0.536. The Bertz CT molecular complexity index is 1740. The van der Waals surface area contributed by atoms with Crippen LogP contribution in [-0.2, 0) is 30.7 Å². The molecule has 3 heterocycles. The number of aliphatic hydroxyl groups is 1. The van der Waals surface area contributed by atoms with E-state index < -0.39 is 90.6 Å². The van der Waals surface area contributed by atoms with E-state index in [0.717, 1.165) is 12.1 Å². The minimum absolute atomic E-state index is 0.00672. The van der Waals surface area contributed by atoms with Crippen molar-refractivity contribution in [2.45, 2.75) is 56.0 Å². The molecule has 0 unspecified atom stereocenters. The molecule has 218 valence electrons. The van der Waals surface area contributed by atoms with Gasteiger partial charge in [-0.15, -0.1) is 0 Å². The van der Waals surface area contributed by atoms with Crippen LogP contribution in [0.25, 0.3) is 0 Å². The molecular formula is C28H37N3O8S. The highest BCUT2D eigenvalue weighted by Crippen LogP contribution is 2.34. The summed E-state index contributed by atoms with van der Waals surface area (Å²) < 4.78 is 148. The molecule has 0 aliphatic carbocycles. The Morgan fingerprint density at radius 1 is 1.35 bits per heavy atom. The lowest BCUT2D eigenvalue weighted by molar-refractivity contribution is -0.0907. The number of carbonyl (C=O) groups excluding carboxylic acids is 1. The fourth-order valence-corrected chi connectivity index (χ4v) is 5.84. The monoisotopic (exact) mass is 587 g/mol. The van der Waals surface area contributed by atoms with Gasteiger partial charge in [-0.3, -0.25) is 0 Å². The third-order valence-corrected chi connectivity index (χ3v) is 8.21. The van der Waals surface area contributed by atoms with E-state index in [1.54, 1.807) is 30.3 Å². The number of anilines is 1. The van der Waals surface area contributed by atoms with Gasteiger partial charge in [0.05, 0.1) is 45.9 Å². The highest BCUT2D eigenvalue weighted by molar-refractivity contribution is 7.89. The molecule has 5 atom stereocenters. The molecule has 12 heteroatoms. The van der Waals surface area contributed by atoms with E-state index in [1.807, 2.05) is 0 Å². The first kappa shape index (κ1) is 17.1. The number of benzene rings is 2. The average Bonchev–Trinajstić information content (AvgIpc) is 3.74. The van der Waals surface area contributed by atoms with Crippen molar-refractivity contribution in [1.82, 2.24) is 9.62 Å². The topological polar surface area (TPSA) is 136 Å². The van der Waals surface area contributed by atoms with Gasteiger partial charge in [0.25, 0.3) is 0 Å². The van der Waals surface area contributed by atoms with Crippen molar-refractivity contribution in [3.8, 4) is 5.75 Å². The van der Waals surface area contributed by atoms with Crippen molar-refractivity contribution in [1.29, 1.82) is 0 Å². The maximum absolute atomic E-state index is 14.3. The van der Waals surface area contributed by atoms with E-state index in [4.69, 9.17) is 35.4 Å². The van der Waals surface area contributed by atoms with Crippen LogP contribution in [0.15, 0.2) is 53.4 Å². The summed E-state index contributed by atoms with van der Waals surface area (Å²) in [4.78, 5) is 12.7. The van der Waals surface area contributed by atoms with E-state index >= 15 is 0 Å². The molecule has 0 aromatic heterocycles. The standard InChI is InChI=1S/C28H37N3O8S/c1-18(2)14-31(40(34,35)20-8-9-22-25(13-20)38-17-29-22)15-24(32)23(12-19-6-4-3-5-7-19)30-28(33)39-26-16-37-27-21(26)10-11-36-27/h3-9,13,18,21,23-24,26-27,29,32H,10-12,14-17H2,1-2H3,(H,30,33)/t21-,23-,24+,26-,27+/m0/s1/i1D3,2D3,14D2,16D2,18D,26D. The number of nitrogens with zero attached hydrogens (tertiary/aromatic N) is 1. The first-order valence-electron chi connectivity index (χ1n) is 18.4. The number of hydrogen-bond acceptors (Lipinski definition) is 9. The normalized spacial score (nSPS) is 32.0. The maximum Gasteiger partial charge on any atom is 0.407 e. The molecule has 40 heavy (non-hydrogen) atoms. The van der Waals surface area contributed by atoms with Gasteiger partial charge in [0.2, 0.25) is 10.0 Å². The van der Waals surface area contributed by atoms with Crippen LogP contribution in [0.4, 0.5) is 10.5 Å². The van der Waals surface area contributed by atoms with Gasteiger partial charge in [-0.25, -0.2) is 13.2 Å². The lowest BCUT2D eigenvalue weighted by atomic mass is 10.0. The number of nitrogens with one attached hydrogen (secondary N) is 2. The van der Waals surface area contributed by atoms with Gasteiger partial charge in [-0.05, 0) is 36.4 Å². The summed E-state index contributed by atoms with van der Waals surface area (Å²) in [5.41, 5.74) is 0.787. The lowest BCUT2D eigenvalue weighted by Gasteiger charge is -2.31. The van der Waals surface area contributed by atoms with Gasteiger partial charge in [0.15, 0.2) is 13.0 Å². The van der Waals surface area contributed by atoms with Gasteiger partial charge in [0.1, 0.15) is 11.8 Å². The molecular weight excluding hydrogens is 538 g/mol. The Balaban J connectivity index is 1.55. The molecule has 2 fully saturated rings. The van der Waals surface area contributed by atoms with Crippen LogP contribution in [0.3, 0.4) is 0 Å². The molecule has 3 aliphatic rings. The summed E-state index contributed by atoms with van der Waals surface area (Å²) in [5, 5.41) is 16.8. The van der Waals surface area contributed by atoms with Gasteiger partial charge in [-0.2, -0.15) is 4.31 Å². The number of sulfonamides is 1. The molecule has 0 radical (unpaired) electrons.